The number of fused-ring (bicyclic) bond motifs is 1. The standard InChI is InChI=1S/C13H7F3N2O/c14-6-1-2-7(12(19)3-6)13-17-10-4-8(15)9(16)5-11(10)18-13/h1-5,19H,(H,17,18). The molecular formula is C13H7F3N2O. The van der Waals surface area contributed by atoms with Gasteiger partial charge in [0.25, 0.3) is 0 Å². The number of nitrogens with one attached hydrogen (secondary N) is 1. The van der Waals surface area contributed by atoms with Crippen LogP contribution in [0.5, 0.6) is 5.75 Å². The van der Waals surface area contributed by atoms with Crippen molar-refractivity contribution in [2.45, 2.75) is 0 Å². The third-order valence-corrected chi connectivity index (χ3v) is 2.74. The zero-order valence-corrected chi connectivity index (χ0v) is 9.42. The quantitative estimate of drug-likeness (QED) is 0.708. The highest BCUT2D eigenvalue weighted by molar-refractivity contribution is 5.80. The number of phenolic OH excluding ortho intramolecular Hbond substituents is 1. The average molecular weight is 264 g/mol. The van der Waals surface area contributed by atoms with E-state index >= 15 is 0 Å². The predicted octanol–water partition coefficient (Wildman–Crippen LogP) is 3.35. The molecule has 0 aliphatic rings. The number of nitrogens with zero attached hydrogens (tertiary/aromatic N) is 1. The van der Waals surface area contributed by atoms with Crippen LogP contribution in [0.1, 0.15) is 0 Å². The van der Waals surface area contributed by atoms with Crippen LogP contribution in [-0.2, 0) is 0 Å². The molecule has 0 spiro atoms. The highest BCUT2D eigenvalue weighted by Crippen LogP contribution is 2.29. The molecule has 0 aliphatic heterocycles. The Morgan fingerprint density at radius 1 is 1.00 bits per heavy atom. The lowest BCUT2D eigenvalue weighted by atomic mass is 10.2. The first-order valence-corrected chi connectivity index (χ1v) is 5.38. The minimum absolute atomic E-state index is 0.206. The number of aromatic amines is 1. The minimum Gasteiger partial charge on any atom is -0.507 e. The number of benzene rings is 2. The summed E-state index contributed by atoms with van der Waals surface area (Å²) in [5.41, 5.74) is 0.758. The molecular weight excluding hydrogens is 257 g/mol. The van der Waals surface area contributed by atoms with Crippen LogP contribution >= 0.6 is 0 Å². The van der Waals surface area contributed by atoms with Gasteiger partial charge in [0.2, 0.25) is 0 Å². The van der Waals surface area contributed by atoms with Gasteiger partial charge in [-0.05, 0) is 12.1 Å². The summed E-state index contributed by atoms with van der Waals surface area (Å²) in [5.74, 6) is -2.69. The molecule has 0 amide bonds. The van der Waals surface area contributed by atoms with Crippen LogP contribution < -0.4 is 0 Å². The fraction of sp³-hybridized carbons (Fsp3) is 0. The van der Waals surface area contributed by atoms with E-state index in [9.17, 15) is 18.3 Å². The van der Waals surface area contributed by atoms with Crippen LogP contribution in [0.15, 0.2) is 30.3 Å². The molecule has 3 rings (SSSR count). The van der Waals surface area contributed by atoms with Gasteiger partial charge < -0.3 is 10.1 Å². The third kappa shape index (κ3) is 1.91. The van der Waals surface area contributed by atoms with Crippen molar-refractivity contribution in [2.75, 3.05) is 0 Å². The Balaban J connectivity index is 2.20. The van der Waals surface area contributed by atoms with Gasteiger partial charge in [-0.25, -0.2) is 18.2 Å². The first kappa shape index (κ1) is 11.6. The molecule has 1 heterocycles. The van der Waals surface area contributed by atoms with Crippen LogP contribution in [0, 0.1) is 17.5 Å². The fourth-order valence-corrected chi connectivity index (χ4v) is 1.84. The van der Waals surface area contributed by atoms with E-state index in [0.29, 0.717) is 0 Å². The number of H-pyrrole nitrogens is 1. The molecule has 2 N–H and O–H groups in total. The summed E-state index contributed by atoms with van der Waals surface area (Å²) in [6.45, 7) is 0. The number of aromatic hydroxyl groups is 1. The van der Waals surface area contributed by atoms with Crippen LogP contribution in [-0.4, -0.2) is 15.1 Å². The largest absolute Gasteiger partial charge is 0.507 e. The summed E-state index contributed by atoms with van der Waals surface area (Å²) in [7, 11) is 0. The Labute approximate surface area is 105 Å². The molecule has 0 atom stereocenters. The Hall–Kier alpha value is -2.50. The minimum atomic E-state index is -1.01. The lowest BCUT2D eigenvalue weighted by molar-refractivity contribution is 0.471. The van der Waals surface area contributed by atoms with Gasteiger partial charge in [-0.2, -0.15) is 0 Å². The van der Waals surface area contributed by atoms with Gasteiger partial charge in [-0.1, -0.05) is 0 Å². The number of hydrogen-bond donors (Lipinski definition) is 2. The second-order valence-corrected chi connectivity index (χ2v) is 4.03. The summed E-state index contributed by atoms with van der Waals surface area (Å²) in [4.78, 5) is 6.77. The molecule has 0 aliphatic carbocycles. The van der Waals surface area contributed by atoms with E-state index in [1.165, 1.54) is 6.07 Å². The maximum atomic E-state index is 13.1. The summed E-state index contributed by atoms with van der Waals surface area (Å²) in [6.07, 6.45) is 0. The van der Waals surface area contributed by atoms with E-state index in [2.05, 4.69) is 9.97 Å². The van der Waals surface area contributed by atoms with Crippen molar-refractivity contribution in [1.82, 2.24) is 9.97 Å². The van der Waals surface area contributed by atoms with Gasteiger partial charge in [0.15, 0.2) is 11.6 Å². The molecule has 0 bridgehead atoms. The maximum absolute atomic E-state index is 13.1. The van der Waals surface area contributed by atoms with Gasteiger partial charge in [-0.15, -0.1) is 0 Å². The smallest absolute Gasteiger partial charge is 0.161 e. The summed E-state index contributed by atoms with van der Waals surface area (Å²) >= 11 is 0. The molecule has 96 valence electrons. The molecule has 6 heteroatoms. The molecule has 0 unspecified atom stereocenters. The Kier molecular flexibility index (Phi) is 2.45. The second kappa shape index (κ2) is 4.01. The Morgan fingerprint density at radius 3 is 2.47 bits per heavy atom. The summed E-state index contributed by atoms with van der Waals surface area (Å²) < 4.78 is 39.0. The molecule has 3 aromatic rings. The van der Waals surface area contributed by atoms with E-state index in [1.807, 2.05) is 0 Å². The number of hydrogen-bond acceptors (Lipinski definition) is 2. The topological polar surface area (TPSA) is 48.9 Å². The predicted molar refractivity (Wildman–Crippen MR) is 63.1 cm³/mol. The highest BCUT2D eigenvalue weighted by Gasteiger charge is 2.12. The van der Waals surface area contributed by atoms with Crippen LogP contribution in [0.4, 0.5) is 13.2 Å². The van der Waals surface area contributed by atoms with Crippen LogP contribution in [0.2, 0.25) is 0 Å². The molecule has 0 fully saturated rings. The number of phenols is 1. The number of halogens is 3. The van der Waals surface area contributed by atoms with Crippen molar-refractivity contribution in [3.05, 3.63) is 47.8 Å². The van der Waals surface area contributed by atoms with Gasteiger partial charge >= 0.3 is 0 Å². The molecule has 0 saturated carbocycles. The highest BCUT2D eigenvalue weighted by atomic mass is 19.2. The van der Waals surface area contributed by atoms with Crippen molar-refractivity contribution < 1.29 is 18.3 Å². The number of imidazole rings is 1. The van der Waals surface area contributed by atoms with Gasteiger partial charge in [-0.3, -0.25) is 0 Å². The Bertz CT molecular complexity index is 744. The zero-order chi connectivity index (χ0) is 13.6. The lowest BCUT2D eigenvalue weighted by Gasteiger charge is -2.00. The first-order chi connectivity index (χ1) is 9.04. The molecule has 19 heavy (non-hydrogen) atoms. The van der Waals surface area contributed by atoms with Crippen LogP contribution in [0.3, 0.4) is 0 Å². The number of aromatic nitrogens is 2. The molecule has 2 aromatic carbocycles. The molecule has 0 radical (unpaired) electrons. The van der Waals surface area contributed by atoms with E-state index in [0.717, 1.165) is 24.3 Å². The van der Waals surface area contributed by atoms with Crippen LogP contribution in [0.25, 0.3) is 22.4 Å². The first-order valence-electron chi connectivity index (χ1n) is 5.38. The molecule has 0 saturated heterocycles. The SMILES string of the molecule is Oc1cc(F)ccc1-c1nc2cc(F)c(F)cc2[nH]1. The molecule has 1 aromatic heterocycles. The van der Waals surface area contributed by atoms with Gasteiger partial charge in [0, 0.05) is 18.2 Å². The van der Waals surface area contributed by atoms with Crippen molar-refractivity contribution >= 4 is 11.0 Å². The number of rotatable bonds is 1. The Morgan fingerprint density at radius 2 is 1.74 bits per heavy atom. The van der Waals surface area contributed by atoms with Crippen molar-refractivity contribution in [1.29, 1.82) is 0 Å². The second-order valence-electron chi connectivity index (χ2n) is 4.03. The van der Waals surface area contributed by atoms with E-state index < -0.39 is 17.5 Å². The van der Waals surface area contributed by atoms with Crippen molar-refractivity contribution in [2.24, 2.45) is 0 Å². The fourth-order valence-electron chi connectivity index (χ4n) is 1.84. The third-order valence-electron chi connectivity index (χ3n) is 2.74. The van der Waals surface area contributed by atoms with Gasteiger partial charge in [0.1, 0.15) is 17.4 Å². The van der Waals surface area contributed by atoms with Crippen molar-refractivity contribution in [3.8, 4) is 17.1 Å². The maximum Gasteiger partial charge on any atom is 0.161 e. The lowest BCUT2D eigenvalue weighted by Crippen LogP contribution is -1.83. The van der Waals surface area contributed by atoms with E-state index in [1.54, 1.807) is 0 Å². The molecule has 3 nitrogen and oxygen atoms in total. The zero-order valence-electron chi connectivity index (χ0n) is 9.42. The monoisotopic (exact) mass is 264 g/mol. The van der Waals surface area contributed by atoms with E-state index in [-0.39, 0.29) is 28.2 Å². The average Bonchev–Trinajstić information content (AvgIpc) is 2.72. The summed E-state index contributed by atoms with van der Waals surface area (Å²) in [5, 5.41) is 9.63. The van der Waals surface area contributed by atoms with Gasteiger partial charge in [0.05, 0.1) is 16.6 Å². The van der Waals surface area contributed by atoms with E-state index in [4.69, 9.17) is 0 Å². The summed E-state index contributed by atoms with van der Waals surface area (Å²) in [6, 6.07) is 5.34. The normalized spacial score (nSPS) is 11.1. The van der Waals surface area contributed by atoms with Crippen molar-refractivity contribution in [3.63, 3.8) is 0 Å².